The van der Waals surface area contributed by atoms with Crippen LogP contribution in [-0.2, 0) is 9.31 Å². The van der Waals surface area contributed by atoms with Crippen LogP contribution in [0.3, 0.4) is 0 Å². The van der Waals surface area contributed by atoms with Gasteiger partial charge in [0, 0.05) is 18.1 Å². The van der Waals surface area contributed by atoms with Gasteiger partial charge in [-0.1, -0.05) is 6.07 Å². The maximum atomic E-state index is 11.9. The summed E-state index contributed by atoms with van der Waals surface area (Å²) >= 11 is 0. The van der Waals surface area contributed by atoms with Crippen LogP contribution in [0, 0.1) is 0 Å². The number of amides is 1. The first-order valence-corrected chi connectivity index (χ1v) is 8.12. The highest BCUT2D eigenvalue weighted by Crippen LogP contribution is 2.37. The number of carbonyl (C=O) groups is 1. The molecule has 124 valence electrons. The molecular weight excluding hydrogens is 293 g/mol. The summed E-state index contributed by atoms with van der Waals surface area (Å²) in [5, 5.41) is 2.64. The van der Waals surface area contributed by atoms with Crippen molar-refractivity contribution in [3.63, 3.8) is 0 Å². The molecule has 2 fully saturated rings. The van der Waals surface area contributed by atoms with Crippen LogP contribution in [-0.4, -0.2) is 37.4 Å². The molecule has 1 amide bonds. The number of hydrogen-bond acceptors (Lipinski definition) is 4. The van der Waals surface area contributed by atoms with E-state index in [1.165, 1.54) is 0 Å². The van der Waals surface area contributed by atoms with Crippen molar-refractivity contribution in [2.24, 2.45) is 0 Å². The third-order valence-corrected chi connectivity index (χ3v) is 4.83. The van der Waals surface area contributed by atoms with Gasteiger partial charge in [0.2, 0.25) is 0 Å². The lowest BCUT2D eigenvalue weighted by Gasteiger charge is -2.32. The molecule has 1 aromatic carbocycles. The number of nitrogens with one attached hydrogen (secondary N) is 1. The van der Waals surface area contributed by atoms with Crippen molar-refractivity contribution in [1.82, 2.24) is 5.32 Å². The Balaban J connectivity index is 1.93. The minimum Gasteiger partial charge on any atom is -0.491 e. The van der Waals surface area contributed by atoms with Crippen LogP contribution in [0.15, 0.2) is 18.2 Å². The molecule has 1 heterocycles. The second-order valence-electron chi connectivity index (χ2n) is 7.24. The van der Waals surface area contributed by atoms with Crippen molar-refractivity contribution in [2.45, 2.75) is 57.8 Å². The lowest BCUT2D eigenvalue weighted by Crippen LogP contribution is -2.41. The summed E-state index contributed by atoms with van der Waals surface area (Å²) < 4.78 is 18.2. The molecule has 0 spiro atoms. The summed E-state index contributed by atoms with van der Waals surface area (Å²) in [4.78, 5) is 11.9. The Kier molecular flexibility index (Phi) is 3.93. The lowest BCUT2D eigenvalue weighted by atomic mass is 9.78. The van der Waals surface area contributed by atoms with Gasteiger partial charge in [-0.25, -0.2) is 0 Å². The molecule has 0 aromatic heterocycles. The maximum absolute atomic E-state index is 11.9. The second-order valence-corrected chi connectivity index (χ2v) is 7.24. The van der Waals surface area contributed by atoms with E-state index in [4.69, 9.17) is 14.0 Å². The van der Waals surface area contributed by atoms with E-state index in [2.05, 4.69) is 5.32 Å². The minimum absolute atomic E-state index is 0.133. The first-order chi connectivity index (χ1) is 10.7. The van der Waals surface area contributed by atoms with Crippen LogP contribution in [0.25, 0.3) is 0 Å². The van der Waals surface area contributed by atoms with Crippen LogP contribution < -0.4 is 15.5 Å². The average molecular weight is 317 g/mol. The Labute approximate surface area is 137 Å². The summed E-state index contributed by atoms with van der Waals surface area (Å²) in [6.07, 6.45) is 2.33. The Morgan fingerprint density at radius 3 is 2.35 bits per heavy atom. The van der Waals surface area contributed by atoms with Crippen LogP contribution in [0.5, 0.6) is 5.75 Å². The zero-order valence-corrected chi connectivity index (χ0v) is 14.4. The molecule has 23 heavy (non-hydrogen) atoms. The van der Waals surface area contributed by atoms with Gasteiger partial charge < -0.3 is 19.4 Å². The van der Waals surface area contributed by atoms with Gasteiger partial charge in [-0.2, -0.15) is 0 Å². The van der Waals surface area contributed by atoms with E-state index in [9.17, 15) is 4.79 Å². The quantitative estimate of drug-likeness (QED) is 0.862. The molecule has 0 unspecified atom stereocenters. The molecule has 2 aliphatic rings. The first kappa shape index (κ1) is 16.3. The van der Waals surface area contributed by atoms with E-state index in [1.54, 1.807) is 19.2 Å². The van der Waals surface area contributed by atoms with Crippen molar-refractivity contribution >= 4 is 18.5 Å². The summed E-state index contributed by atoms with van der Waals surface area (Å²) in [5.74, 6) is 0.540. The number of rotatable bonds is 4. The normalized spacial score (nSPS) is 22.0. The smallest absolute Gasteiger partial charge is 0.491 e. The predicted octanol–water partition coefficient (Wildman–Crippen LogP) is 1.89. The summed E-state index contributed by atoms with van der Waals surface area (Å²) in [6, 6.07) is 5.42. The van der Waals surface area contributed by atoms with Crippen molar-refractivity contribution in [2.75, 3.05) is 7.05 Å². The van der Waals surface area contributed by atoms with E-state index in [-0.39, 0.29) is 12.0 Å². The van der Waals surface area contributed by atoms with Crippen molar-refractivity contribution < 1.29 is 18.8 Å². The van der Waals surface area contributed by atoms with E-state index < -0.39 is 18.3 Å². The monoisotopic (exact) mass is 317 g/mol. The fourth-order valence-corrected chi connectivity index (χ4v) is 2.45. The van der Waals surface area contributed by atoms with E-state index in [0.29, 0.717) is 11.3 Å². The second kappa shape index (κ2) is 5.53. The fraction of sp³-hybridized carbons (Fsp3) is 0.588. The van der Waals surface area contributed by atoms with Gasteiger partial charge in [0.25, 0.3) is 5.91 Å². The molecule has 0 atom stereocenters. The predicted molar refractivity (Wildman–Crippen MR) is 89.2 cm³/mol. The van der Waals surface area contributed by atoms with E-state index in [1.807, 2.05) is 33.8 Å². The SMILES string of the molecule is CNC(=O)c1ccc(B2OC(C)(C)C(C)(C)O2)c(OC2CC2)c1. The van der Waals surface area contributed by atoms with Gasteiger partial charge in [0.1, 0.15) is 5.75 Å². The van der Waals surface area contributed by atoms with Gasteiger partial charge in [-0.3, -0.25) is 4.79 Å². The molecule has 1 saturated carbocycles. The van der Waals surface area contributed by atoms with Crippen molar-refractivity contribution in [1.29, 1.82) is 0 Å². The molecule has 0 bridgehead atoms. The maximum Gasteiger partial charge on any atom is 0.498 e. The highest BCUT2D eigenvalue weighted by Gasteiger charge is 2.52. The van der Waals surface area contributed by atoms with E-state index >= 15 is 0 Å². The molecular formula is C17H24BNO4. The lowest BCUT2D eigenvalue weighted by molar-refractivity contribution is 0.00578. The van der Waals surface area contributed by atoms with Gasteiger partial charge in [0.15, 0.2) is 0 Å². The van der Waals surface area contributed by atoms with Crippen LogP contribution in [0.4, 0.5) is 0 Å². The van der Waals surface area contributed by atoms with Crippen LogP contribution >= 0.6 is 0 Å². The average Bonchev–Trinajstić information content (AvgIpc) is 3.25. The number of carbonyl (C=O) groups excluding carboxylic acids is 1. The Morgan fingerprint density at radius 2 is 1.83 bits per heavy atom. The zero-order valence-electron chi connectivity index (χ0n) is 14.4. The summed E-state index contributed by atoms with van der Waals surface area (Å²) in [6.45, 7) is 8.08. The Morgan fingerprint density at radius 1 is 1.22 bits per heavy atom. The topological polar surface area (TPSA) is 56.8 Å². The molecule has 1 aromatic rings. The first-order valence-electron chi connectivity index (χ1n) is 8.12. The summed E-state index contributed by atoms with van der Waals surface area (Å²) in [5.41, 5.74) is 0.591. The third kappa shape index (κ3) is 3.10. The molecule has 5 nitrogen and oxygen atoms in total. The standard InChI is InChI=1S/C17H24BNO4/c1-16(2)17(3,4)23-18(22-16)13-9-6-11(15(20)19-5)10-14(13)21-12-7-8-12/h6,9-10,12H,7-8H2,1-5H3,(H,19,20). The van der Waals surface area contributed by atoms with Gasteiger partial charge >= 0.3 is 7.12 Å². The Hall–Kier alpha value is -1.53. The number of ether oxygens (including phenoxy) is 1. The zero-order chi connectivity index (χ0) is 16.8. The molecule has 1 N–H and O–H groups in total. The van der Waals surface area contributed by atoms with Crippen LogP contribution in [0.1, 0.15) is 50.9 Å². The van der Waals surface area contributed by atoms with Gasteiger partial charge in [-0.05, 0) is 52.7 Å². The molecule has 3 rings (SSSR count). The molecule has 0 radical (unpaired) electrons. The molecule has 1 aliphatic carbocycles. The highest BCUT2D eigenvalue weighted by atomic mass is 16.7. The largest absolute Gasteiger partial charge is 0.498 e. The third-order valence-electron chi connectivity index (χ3n) is 4.83. The number of benzene rings is 1. The van der Waals surface area contributed by atoms with Crippen LogP contribution in [0.2, 0.25) is 0 Å². The summed E-state index contributed by atoms with van der Waals surface area (Å²) in [7, 11) is 1.12. The van der Waals surface area contributed by atoms with E-state index in [0.717, 1.165) is 18.3 Å². The highest BCUT2D eigenvalue weighted by molar-refractivity contribution is 6.63. The van der Waals surface area contributed by atoms with Crippen molar-refractivity contribution in [3.05, 3.63) is 23.8 Å². The Bertz CT molecular complexity index is 609. The van der Waals surface area contributed by atoms with Gasteiger partial charge in [-0.15, -0.1) is 0 Å². The number of hydrogen-bond donors (Lipinski definition) is 1. The van der Waals surface area contributed by atoms with Gasteiger partial charge in [0.05, 0.1) is 17.3 Å². The molecule has 1 aliphatic heterocycles. The van der Waals surface area contributed by atoms with Crippen molar-refractivity contribution in [3.8, 4) is 5.75 Å². The minimum atomic E-state index is -0.493. The molecule has 1 saturated heterocycles. The fourth-order valence-electron chi connectivity index (χ4n) is 2.45. The molecule has 6 heteroatoms.